The number of hydrogen-bond acceptors (Lipinski definition) is 0. The third-order valence-electron chi connectivity index (χ3n) is 4.16. The first kappa shape index (κ1) is 14.8. The van der Waals surface area contributed by atoms with Gasteiger partial charge in [-0.1, -0.05) is 64.0 Å². The minimum atomic E-state index is 0.978. The molecule has 0 bridgehead atoms. The first-order valence-electron chi connectivity index (χ1n) is 8.00. The minimum absolute atomic E-state index is 0.978. The van der Waals surface area contributed by atoms with Gasteiger partial charge in [-0.3, -0.25) is 0 Å². The number of hydrogen-bond donors (Lipinski definition) is 0. The second kappa shape index (κ2) is 9.74. The van der Waals surface area contributed by atoms with Crippen LogP contribution in [-0.4, -0.2) is 0 Å². The van der Waals surface area contributed by atoms with Crippen molar-refractivity contribution in [2.45, 2.75) is 90.9 Å². The van der Waals surface area contributed by atoms with Crippen molar-refractivity contribution in [1.29, 1.82) is 0 Å². The molecular weight excluding hydrogens is 204 g/mol. The summed E-state index contributed by atoms with van der Waals surface area (Å²) in [4.78, 5) is 0. The second-order valence-electron chi connectivity index (χ2n) is 5.95. The van der Waals surface area contributed by atoms with Crippen LogP contribution >= 0.6 is 0 Å². The maximum Gasteiger partial charge on any atom is -0.0318 e. The van der Waals surface area contributed by atoms with Crippen molar-refractivity contribution in [2.75, 3.05) is 0 Å². The second-order valence-corrected chi connectivity index (χ2v) is 5.95. The van der Waals surface area contributed by atoms with Crippen molar-refractivity contribution in [3.05, 3.63) is 11.6 Å². The van der Waals surface area contributed by atoms with Gasteiger partial charge in [0.1, 0.15) is 0 Å². The van der Waals surface area contributed by atoms with Gasteiger partial charge in [-0.15, -0.1) is 0 Å². The molecule has 0 aromatic carbocycles. The molecule has 0 nitrogen and oxygen atoms in total. The fraction of sp³-hybridized carbons (Fsp3) is 0.882. The highest BCUT2D eigenvalue weighted by Crippen LogP contribution is 2.28. The molecule has 0 heteroatoms. The smallest absolute Gasteiger partial charge is 0.0318 e. The Balaban J connectivity index is 1.91. The van der Waals surface area contributed by atoms with Crippen molar-refractivity contribution in [1.82, 2.24) is 0 Å². The molecular formula is C17H32. The predicted molar refractivity (Wildman–Crippen MR) is 78.3 cm³/mol. The van der Waals surface area contributed by atoms with E-state index in [1.165, 1.54) is 77.0 Å². The van der Waals surface area contributed by atoms with Gasteiger partial charge in [-0.2, -0.15) is 0 Å². The predicted octanol–water partition coefficient (Wildman–Crippen LogP) is 6.26. The van der Waals surface area contributed by atoms with Gasteiger partial charge in [-0.25, -0.2) is 0 Å². The third-order valence-corrected chi connectivity index (χ3v) is 4.16. The molecule has 17 heavy (non-hydrogen) atoms. The molecule has 100 valence electrons. The van der Waals surface area contributed by atoms with E-state index in [9.17, 15) is 0 Å². The van der Waals surface area contributed by atoms with Gasteiger partial charge < -0.3 is 0 Å². The standard InChI is InChI=1S/C17H32/c1-3-4-5-6-7-8-9-10-11-17-14-12-16(2)13-15-17/h11,16H,3-10,12-15H2,1-2H3. The van der Waals surface area contributed by atoms with Gasteiger partial charge >= 0.3 is 0 Å². The Morgan fingerprint density at radius 1 is 0.941 bits per heavy atom. The van der Waals surface area contributed by atoms with E-state index in [1.807, 2.05) is 0 Å². The molecule has 0 radical (unpaired) electrons. The normalized spacial score (nSPS) is 20.6. The van der Waals surface area contributed by atoms with E-state index in [0.717, 1.165) is 5.92 Å². The molecule has 0 heterocycles. The van der Waals surface area contributed by atoms with E-state index in [2.05, 4.69) is 19.9 Å². The zero-order valence-electron chi connectivity index (χ0n) is 12.1. The Kier molecular flexibility index (Phi) is 8.48. The molecule has 1 aliphatic carbocycles. The lowest BCUT2D eigenvalue weighted by atomic mass is 9.86. The summed E-state index contributed by atoms with van der Waals surface area (Å²) in [6, 6.07) is 0. The summed E-state index contributed by atoms with van der Waals surface area (Å²) >= 11 is 0. The molecule has 0 aromatic heterocycles. The molecule has 1 aliphatic rings. The summed E-state index contributed by atoms with van der Waals surface area (Å²) in [6.45, 7) is 4.68. The summed E-state index contributed by atoms with van der Waals surface area (Å²) in [5, 5.41) is 0. The summed E-state index contributed by atoms with van der Waals surface area (Å²) in [6.07, 6.45) is 19.6. The van der Waals surface area contributed by atoms with Gasteiger partial charge in [0.05, 0.1) is 0 Å². The van der Waals surface area contributed by atoms with Crippen LogP contribution in [0.25, 0.3) is 0 Å². The molecule has 0 aromatic rings. The lowest BCUT2D eigenvalue weighted by Crippen LogP contribution is -2.03. The molecule has 0 saturated heterocycles. The molecule has 0 aliphatic heterocycles. The summed E-state index contributed by atoms with van der Waals surface area (Å²) in [7, 11) is 0. The van der Waals surface area contributed by atoms with Crippen LogP contribution in [0, 0.1) is 5.92 Å². The first-order valence-corrected chi connectivity index (χ1v) is 8.00. The van der Waals surface area contributed by atoms with E-state index < -0.39 is 0 Å². The van der Waals surface area contributed by atoms with Crippen molar-refractivity contribution < 1.29 is 0 Å². The summed E-state index contributed by atoms with van der Waals surface area (Å²) in [5.41, 5.74) is 1.76. The molecule has 0 unspecified atom stereocenters. The van der Waals surface area contributed by atoms with E-state index in [-0.39, 0.29) is 0 Å². The lowest BCUT2D eigenvalue weighted by Gasteiger charge is -2.20. The molecule has 1 rings (SSSR count). The Bertz CT molecular complexity index is 192. The zero-order chi connectivity index (χ0) is 12.3. The van der Waals surface area contributed by atoms with Crippen molar-refractivity contribution in [3.63, 3.8) is 0 Å². The molecule has 0 spiro atoms. The maximum atomic E-state index is 2.55. The summed E-state index contributed by atoms with van der Waals surface area (Å²) in [5.74, 6) is 0.978. The van der Waals surface area contributed by atoms with Crippen LogP contribution in [0.15, 0.2) is 11.6 Å². The molecule has 0 N–H and O–H groups in total. The van der Waals surface area contributed by atoms with Gasteiger partial charge in [0, 0.05) is 0 Å². The van der Waals surface area contributed by atoms with Gasteiger partial charge in [-0.05, 0) is 44.4 Å². The fourth-order valence-corrected chi connectivity index (χ4v) is 2.74. The third kappa shape index (κ3) is 7.63. The zero-order valence-corrected chi connectivity index (χ0v) is 12.1. The Morgan fingerprint density at radius 3 is 2.18 bits per heavy atom. The van der Waals surface area contributed by atoms with E-state index in [1.54, 1.807) is 5.57 Å². The van der Waals surface area contributed by atoms with Crippen molar-refractivity contribution >= 4 is 0 Å². The topological polar surface area (TPSA) is 0 Å². The van der Waals surface area contributed by atoms with Crippen LogP contribution < -0.4 is 0 Å². The number of rotatable bonds is 8. The quantitative estimate of drug-likeness (QED) is 0.344. The number of unbranched alkanes of at least 4 members (excludes halogenated alkanes) is 7. The van der Waals surface area contributed by atoms with Gasteiger partial charge in [0.25, 0.3) is 0 Å². The van der Waals surface area contributed by atoms with E-state index in [0.29, 0.717) is 0 Å². The van der Waals surface area contributed by atoms with E-state index in [4.69, 9.17) is 0 Å². The van der Waals surface area contributed by atoms with Crippen LogP contribution in [0.3, 0.4) is 0 Å². The largest absolute Gasteiger partial charge is 0.0853 e. The summed E-state index contributed by atoms with van der Waals surface area (Å²) < 4.78 is 0. The monoisotopic (exact) mass is 236 g/mol. The van der Waals surface area contributed by atoms with E-state index >= 15 is 0 Å². The average Bonchev–Trinajstić information content (AvgIpc) is 2.35. The Labute approximate surface area is 109 Å². The highest BCUT2D eigenvalue weighted by atomic mass is 14.2. The molecule has 0 amide bonds. The molecule has 1 fully saturated rings. The van der Waals surface area contributed by atoms with Crippen LogP contribution in [0.2, 0.25) is 0 Å². The van der Waals surface area contributed by atoms with Crippen LogP contribution in [0.5, 0.6) is 0 Å². The highest BCUT2D eigenvalue weighted by Gasteiger charge is 2.11. The van der Waals surface area contributed by atoms with Gasteiger partial charge in [0.2, 0.25) is 0 Å². The average molecular weight is 236 g/mol. The van der Waals surface area contributed by atoms with Crippen molar-refractivity contribution in [2.24, 2.45) is 5.92 Å². The first-order chi connectivity index (χ1) is 8.33. The van der Waals surface area contributed by atoms with Crippen LogP contribution in [0.4, 0.5) is 0 Å². The lowest BCUT2D eigenvalue weighted by molar-refractivity contribution is 0.442. The SMILES string of the molecule is CCCCCCCCCC=C1CCC(C)CC1. The highest BCUT2D eigenvalue weighted by molar-refractivity contribution is 5.04. The van der Waals surface area contributed by atoms with Crippen molar-refractivity contribution in [3.8, 4) is 0 Å². The fourth-order valence-electron chi connectivity index (χ4n) is 2.74. The van der Waals surface area contributed by atoms with Gasteiger partial charge in [0.15, 0.2) is 0 Å². The van der Waals surface area contributed by atoms with Crippen LogP contribution in [-0.2, 0) is 0 Å². The Morgan fingerprint density at radius 2 is 1.53 bits per heavy atom. The maximum absolute atomic E-state index is 2.55. The molecule has 0 atom stereocenters. The number of allylic oxidation sites excluding steroid dienone is 2. The molecule has 1 saturated carbocycles. The Hall–Kier alpha value is -0.260. The minimum Gasteiger partial charge on any atom is -0.0853 e. The van der Waals surface area contributed by atoms with Crippen LogP contribution in [0.1, 0.15) is 90.9 Å².